The van der Waals surface area contributed by atoms with E-state index in [9.17, 15) is 4.39 Å². The number of nitrogens with one attached hydrogen (secondary N) is 1. The standard InChI is InChI=1S/C23H30FN5OS/c1-15-16(2)31-23-21(15)22(26-20(27-23)14-29-7-9-30-10-8-29)25-12-17-5-6-18(13-28(3)4)19(24)11-17/h5-6,11H,7-10,12-14H2,1-4H3,(H,25,26,27). The molecule has 1 aromatic carbocycles. The van der Waals surface area contributed by atoms with Gasteiger partial charge in [-0.05, 0) is 45.1 Å². The molecule has 0 unspecified atom stereocenters. The summed E-state index contributed by atoms with van der Waals surface area (Å²) in [5, 5.41) is 4.53. The second kappa shape index (κ2) is 9.56. The maximum absolute atomic E-state index is 14.5. The number of aryl methyl sites for hydroxylation is 2. The first-order valence-corrected chi connectivity index (χ1v) is 11.4. The van der Waals surface area contributed by atoms with E-state index in [0.29, 0.717) is 25.2 Å². The van der Waals surface area contributed by atoms with E-state index in [1.165, 1.54) is 10.4 Å². The summed E-state index contributed by atoms with van der Waals surface area (Å²) in [7, 11) is 3.88. The zero-order valence-electron chi connectivity index (χ0n) is 18.7. The third kappa shape index (κ3) is 5.20. The summed E-state index contributed by atoms with van der Waals surface area (Å²) in [6, 6.07) is 5.46. The highest BCUT2D eigenvalue weighted by atomic mass is 32.1. The van der Waals surface area contributed by atoms with Crippen LogP contribution in [-0.4, -0.2) is 60.2 Å². The first-order chi connectivity index (χ1) is 14.9. The Balaban J connectivity index is 1.57. The minimum Gasteiger partial charge on any atom is -0.379 e. The average molecular weight is 444 g/mol. The molecule has 4 rings (SSSR count). The van der Waals surface area contributed by atoms with Crippen LogP contribution in [0.25, 0.3) is 10.2 Å². The number of anilines is 1. The highest BCUT2D eigenvalue weighted by molar-refractivity contribution is 7.18. The van der Waals surface area contributed by atoms with Gasteiger partial charge in [-0.2, -0.15) is 0 Å². The monoisotopic (exact) mass is 443 g/mol. The van der Waals surface area contributed by atoms with Crippen molar-refractivity contribution in [2.75, 3.05) is 45.7 Å². The Labute approximate surface area is 187 Å². The minimum atomic E-state index is -0.170. The normalized spacial score (nSPS) is 15.2. The fraction of sp³-hybridized carbons (Fsp3) is 0.478. The van der Waals surface area contributed by atoms with Gasteiger partial charge in [-0.3, -0.25) is 4.90 Å². The van der Waals surface area contributed by atoms with Crippen LogP contribution in [0.3, 0.4) is 0 Å². The van der Waals surface area contributed by atoms with Crippen LogP contribution in [0, 0.1) is 19.7 Å². The predicted octanol–water partition coefficient (Wildman–Crippen LogP) is 3.95. The van der Waals surface area contributed by atoms with Crippen LogP contribution in [0.1, 0.15) is 27.4 Å². The van der Waals surface area contributed by atoms with Crippen LogP contribution in [-0.2, 0) is 24.4 Å². The van der Waals surface area contributed by atoms with Crippen molar-refractivity contribution in [3.8, 4) is 0 Å². The minimum absolute atomic E-state index is 0.170. The lowest BCUT2D eigenvalue weighted by Crippen LogP contribution is -2.36. The molecule has 6 nitrogen and oxygen atoms in total. The zero-order valence-corrected chi connectivity index (χ0v) is 19.5. The number of fused-ring (bicyclic) bond motifs is 1. The van der Waals surface area contributed by atoms with Gasteiger partial charge < -0.3 is 15.0 Å². The summed E-state index contributed by atoms with van der Waals surface area (Å²) in [6.07, 6.45) is 0. The molecule has 0 radical (unpaired) electrons. The van der Waals surface area contributed by atoms with Gasteiger partial charge in [0.2, 0.25) is 0 Å². The van der Waals surface area contributed by atoms with Gasteiger partial charge in [-0.25, -0.2) is 14.4 Å². The first kappa shape index (κ1) is 22.1. The predicted molar refractivity (Wildman–Crippen MR) is 124 cm³/mol. The Morgan fingerprint density at radius 1 is 1.19 bits per heavy atom. The topological polar surface area (TPSA) is 53.5 Å². The number of ether oxygens (including phenoxy) is 1. The molecule has 8 heteroatoms. The lowest BCUT2D eigenvalue weighted by Gasteiger charge is -2.25. The molecule has 0 bridgehead atoms. The third-order valence-corrected chi connectivity index (χ3v) is 6.71. The molecule has 1 N–H and O–H groups in total. The molecular weight excluding hydrogens is 413 g/mol. The van der Waals surface area contributed by atoms with E-state index < -0.39 is 0 Å². The number of thiophene rings is 1. The summed E-state index contributed by atoms with van der Waals surface area (Å²) in [4.78, 5) is 16.2. The zero-order chi connectivity index (χ0) is 22.0. The van der Waals surface area contributed by atoms with Gasteiger partial charge in [0.05, 0.1) is 25.1 Å². The largest absolute Gasteiger partial charge is 0.379 e. The van der Waals surface area contributed by atoms with Gasteiger partial charge in [0.1, 0.15) is 22.3 Å². The number of nitrogens with zero attached hydrogens (tertiary/aromatic N) is 4. The molecule has 31 heavy (non-hydrogen) atoms. The van der Waals surface area contributed by atoms with E-state index >= 15 is 0 Å². The Kier molecular flexibility index (Phi) is 6.81. The van der Waals surface area contributed by atoms with Crippen molar-refractivity contribution in [1.82, 2.24) is 19.8 Å². The van der Waals surface area contributed by atoms with Crippen LogP contribution in [0.5, 0.6) is 0 Å². The molecule has 1 aliphatic heterocycles. The Morgan fingerprint density at radius 2 is 1.97 bits per heavy atom. The molecule has 0 aliphatic carbocycles. The number of morpholine rings is 1. The third-order valence-electron chi connectivity index (χ3n) is 5.61. The molecule has 0 amide bonds. The van der Waals surface area contributed by atoms with Gasteiger partial charge in [0.25, 0.3) is 0 Å². The second-order valence-electron chi connectivity index (χ2n) is 8.36. The van der Waals surface area contributed by atoms with Crippen molar-refractivity contribution in [2.45, 2.75) is 33.5 Å². The van der Waals surface area contributed by atoms with E-state index in [0.717, 1.165) is 53.7 Å². The van der Waals surface area contributed by atoms with Crippen LogP contribution < -0.4 is 5.32 Å². The Bertz CT molecular complexity index is 1060. The lowest BCUT2D eigenvalue weighted by molar-refractivity contribution is 0.0331. The van der Waals surface area contributed by atoms with Crippen molar-refractivity contribution < 1.29 is 9.13 Å². The second-order valence-corrected chi connectivity index (χ2v) is 9.56. The van der Waals surface area contributed by atoms with Crippen LogP contribution >= 0.6 is 11.3 Å². The van der Waals surface area contributed by atoms with E-state index in [1.807, 2.05) is 31.1 Å². The Morgan fingerprint density at radius 3 is 2.68 bits per heavy atom. The summed E-state index contributed by atoms with van der Waals surface area (Å²) in [5.41, 5.74) is 2.80. The first-order valence-electron chi connectivity index (χ1n) is 10.6. The van der Waals surface area contributed by atoms with Crippen molar-refractivity contribution in [2.24, 2.45) is 0 Å². The van der Waals surface area contributed by atoms with Crippen molar-refractivity contribution in [3.63, 3.8) is 0 Å². The molecule has 1 aliphatic rings. The molecular formula is C23H30FN5OS. The van der Waals surface area contributed by atoms with Crippen LogP contribution in [0.15, 0.2) is 18.2 Å². The number of hydrogen-bond acceptors (Lipinski definition) is 7. The van der Waals surface area contributed by atoms with E-state index in [4.69, 9.17) is 14.7 Å². The van der Waals surface area contributed by atoms with Crippen molar-refractivity contribution in [3.05, 3.63) is 51.4 Å². The molecule has 0 saturated carbocycles. The summed E-state index contributed by atoms with van der Waals surface area (Å²) < 4.78 is 19.9. The van der Waals surface area contributed by atoms with Gasteiger partial charge >= 0.3 is 0 Å². The smallest absolute Gasteiger partial charge is 0.146 e. The average Bonchev–Trinajstić information content (AvgIpc) is 3.02. The van der Waals surface area contributed by atoms with Crippen LogP contribution in [0.2, 0.25) is 0 Å². The van der Waals surface area contributed by atoms with Gasteiger partial charge in [-0.1, -0.05) is 12.1 Å². The summed E-state index contributed by atoms with van der Waals surface area (Å²) in [6.45, 7) is 9.32. The van der Waals surface area contributed by atoms with Crippen LogP contribution in [0.4, 0.5) is 10.2 Å². The number of benzene rings is 1. The molecule has 0 spiro atoms. The molecule has 1 saturated heterocycles. The maximum atomic E-state index is 14.5. The molecule has 3 heterocycles. The summed E-state index contributed by atoms with van der Waals surface area (Å²) >= 11 is 1.70. The number of hydrogen-bond donors (Lipinski definition) is 1. The Hall–Kier alpha value is -2.13. The van der Waals surface area contributed by atoms with Gasteiger partial charge in [0, 0.05) is 36.6 Å². The molecule has 166 valence electrons. The quantitative estimate of drug-likeness (QED) is 0.597. The molecule has 1 fully saturated rings. The summed E-state index contributed by atoms with van der Waals surface area (Å²) in [5.74, 6) is 1.47. The molecule has 0 atom stereocenters. The fourth-order valence-corrected chi connectivity index (χ4v) is 4.86. The molecule has 2 aromatic heterocycles. The van der Waals surface area contributed by atoms with E-state index in [2.05, 4.69) is 24.1 Å². The highest BCUT2D eigenvalue weighted by Crippen LogP contribution is 2.33. The van der Waals surface area contributed by atoms with Gasteiger partial charge in [-0.15, -0.1) is 11.3 Å². The van der Waals surface area contributed by atoms with E-state index in [-0.39, 0.29) is 5.82 Å². The van der Waals surface area contributed by atoms with Gasteiger partial charge in [0.15, 0.2) is 0 Å². The number of halogens is 1. The fourth-order valence-electron chi connectivity index (χ4n) is 3.81. The van der Waals surface area contributed by atoms with Crippen molar-refractivity contribution >= 4 is 27.4 Å². The SMILES string of the molecule is Cc1sc2nc(CN3CCOCC3)nc(NCc3ccc(CN(C)C)c(F)c3)c2c1C. The van der Waals surface area contributed by atoms with Crippen molar-refractivity contribution in [1.29, 1.82) is 0 Å². The number of aromatic nitrogens is 2. The highest BCUT2D eigenvalue weighted by Gasteiger charge is 2.18. The van der Waals surface area contributed by atoms with E-state index in [1.54, 1.807) is 17.4 Å². The maximum Gasteiger partial charge on any atom is 0.146 e. The number of rotatable bonds is 7. The lowest BCUT2D eigenvalue weighted by atomic mass is 10.1. The molecule has 3 aromatic rings.